The molecule has 0 spiro atoms. The van der Waals surface area contributed by atoms with Crippen LogP contribution in [0.3, 0.4) is 0 Å². The Morgan fingerprint density at radius 2 is 2.39 bits per heavy atom. The number of nitrogens with zero attached hydrogens (tertiary/aromatic N) is 1. The molecule has 1 fully saturated rings. The predicted molar refractivity (Wildman–Crippen MR) is 75.4 cm³/mol. The smallest absolute Gasteiger partial charge is 0.120 e. The molecule has 18 heavy (non-hydrogen) atoms. The SMILES string of the molecule is CCOc1ccc2nc(C3(C)CCCN3)sc2c1. The minimum atomic E-state index is 0.0649. The minimum absolute atomic E-state index is 0.0649. The largest absolute Gasteiger partial charge is 0.494 e. The first-order valence-electron chi connectivity index (χ1n) is 6.50. The van der Waals surface area contributed by atoms with Crippen molar-refractivity contribution < 1.29 is 4.74 Å². The van der Waals surface area contributed by atoms with E-state index in [1.807, 2.05) is 13.0 Å². The summed E-state index contributed by atoms with van der Waals surface area (Å²) in [5.41, 5.74) is 1.14. The van der Waals surface area contributed by atoms with E-state index in [4.69, 9.17) is 9.72 Å². The fraction of sp³-hybridized carbons (Fsp3) is 0.500. The quantitative estimate of drug-likeness (QED) is 0.921. The van der Waals surface area contributed by atoms with Crippen LogP contribution in [-0.4, -0.2) is 18.1 Å². The van der Waals surface area contributed by atoms with Gasteiger partial charge in [0.15, 0.2) is 0 Å². The highest BCUT2D eigenvalue weighted by molar-refractivity contribution is 7.18. The summed E-state index contributed by atoms with van der Waals surface area (Å²) < 4.78 is 6.75. The van der Waals surface area contributed by atoms with Crippen LogP contribution in [-0.2, 0) is 5.54 Å². The highest BCUT2D eigenvalue weighted by atomic mass is 32.1. The molecule has 3 nitrogen and oxygen atoms in total. The number of aromatic nitrogens is 1. The lowest BCUT2D eigenvalue weighted by Gasteiger charge is -2.20. The summed E-state index contributed by atoms with van der Waals surface area (Å²) in [7, 11) is 0. The third kappa shape index (κ3) is 1.99. The molecule has 1 aliphatic rings. The van der Waals surface area contributed by atoms with Crippen LogP contribution in [0.25, 0.3) is 10.2 Å². The molecule has 1 aromatic carbocycles. The summed E-state index contributed by atoms with van der Waals surface area (Å²) in [4.78, 5) is 4.77. The van der Waals surface area contributed by atoms with Gasteiger partial charge in [-0.3, -0.25) is 0 Å². The Morgan fingerprint density at radius 3 is 3.11 bits per heavy atom. The topological polar surface area (TPSA) is 34.1 Å². The number of thiazole rings is 1. The maximum atomic E-state index is 5.54. The van der Waals surface area contributed by atoms with Crippen molar-refractivity contribution in [3.05, 3.63) is 23.2 Å². The van der Waals surface area contributed by atoms with Gasteiger partial charge in [-0.25, -0.2) is 4.98 Å². The van der Waals surface area contributed by atoms with E-state index in [-0.39, 0.29) is 5.54 Å². The van der Waals surface area contributed by atoms with Gasteiger partial charge in [0, 0.05) is 0 Å². The van der Waals surface area contributed by atoms with Crippen molar-refractivity contribution in [2.75, 3.05) is 13.2 Å². The fourth-order valence-corrected chi connectivity index (χ4v) is 3.62. The zero-order valence-corrected chi connectivity index (χ0v) is 11.6. The van der Waals surface area contributed by atoms with Gasteiger partial charge in [0.2, 0.25) is 0 Å². The predicted octanol–water partition coefficient (Wildman–Crippen LogP) is 3.29. The number of ether oxygens (including phenoxy) is 1. The molecule has 1 aromatic heterocycles. The lowest BCUT2D eigenvalue weighted by Crippen LogP contribution is -2.32. The standard InChI is InChI=1S/C14H18N2OS/c1-3-17-10-5-6-11-12(9-10)18-13(16-11)14(2)7-4-8-15-14/h5-6,9,15H,3-4,7-8H2,1-2H3. The van der Waals surface area contributed by atoms with Crippen LogP contribution < -0.4 is 10.1 Å². The van der Waals surface area contributed by atoms with Gasteiger partial charge in [-0.05, 0) is 51.4 Å². The molecule has 1 aliphatic heterocycles. The number of hydrogen-bond acceptors (Lipinski definition) is 4. The van der Waals surface area contributed by atoms with Crippen LogP contribution in [0.1, 0.15) is 31.7 Å². The zero-order valence-electron chi connectivity index (χ0n) is 10.8. The average molecular weight is 262 g/mol. The second-order valence-electron chi connectivity index (χ2n) is 4.94. The fourth-order valence-electron chi connectivity index (χ4n) is 2.47. The second-order valence-corrected chi connectivity index (χ2v) is 5.97. The summed E-state index contributed by atoms with van der Waals surface area (Å²) in [6, 6.07) is 6.15. The van der Waals surface area contributed by atoms with Gasteiger partial charge in [0.1, 0.15) is 10.8 Å². The van der Waals surface area contributed by atoms with Crippen molar-refractivity contribution in [2.24, 2.45) is 0 Å². The molecule has 0 radical (unpaired) electrons. The molecule has 0 saturated carbocycles. The molecule has 1 saturated heterocycles. The number of benzene rings is 1. The Hall–Kier alpha value is -1.13. The number of nitrogens with one attached hydrogen (secondary N) is 1. The Morgan fingerprint density at radius 1 is 1.50 bits per heavy atom. The normalized spacial score (nSPS) is 23.7. The van der Waals surface area contributed by atoms with Crippen molar-refractivity contribution >= 4 is 21.6 Å². The van der Waals surface area contributed by atoms with E-state index >= 15 is 0 Å². The molecule has 1 atom stereocenters. The molecule has 2 heterocycles. The molecule has 0 aliphatic carbocycles. The number of fused-ring (bicyclic) bond motifs is 1. The molecule has 2 aromatic rings. The Kier molecular flexibility index (Phi) is 2.99. The number of hydrogen-bond donors (Lipinski definition) is 1. The Labute approximate surface area is 111 Å². The monoisotopic (exact) mass is 262 g/mol. The van der Waals surface area contributed by atoms with Gasteiger partial charge in [0.05, 0.1) is 22.4 Å². The van der Waals surface area contributed by atoms with Crippen LogP contribution in [0.15, 0.2) is 18.2 Å². The maximum absolute atomic E-state index is 5.54. The van der Waals surface area contributed by atoms with Crippen LogP contribution in [0.2, 0.25) is 0 Å². The van der Waals surface area contributed by atoms with Gasteiger partial charge in [-0.1, -0.05) is 0 Å². The molecule has 3 rings (SSSR count). The van der Waals surface area contributed by atoms with E-state index in [0.717, 1.165) is 17.8 Å². The van der Waals surface area contributed by atoms with Crippen molar-refractivity contribution in [3.63, 3.8) is 0 Å². The average Bonchev–Trinajstić information content (AvgIpc) is 2.96. The minimum Gasteiger partial charge on any atom is -0.494 e. The first-order valence-corrected chi connectivity index (χ1v) is 7.32. The van der Waals surface area contributed by atoms with Crippen molar-refractivity contribution in [2.45, 2.75) is 32.2 Å². The van der Waals surface area contributed by atoms with Crippen molar-refractivity contribution in [3.8, 4) is 5.75 Å². The second kappa shape index (κ2) is 4.52. The molecule has 1 unspecified atom stereocenters. The molecular weight excluding hydrogens is 244 g/mol. The van der Waals surface area contributed by atoms with E-state index in [0.29, 0.717) is 6.61 Å². The molecule has 96 valence electrons. The summed E-state index contributed by atoms with van der Waals surface area (Å²) >= 11 is 1.78. The van der Waals surface area contributed by atoms with Crippen molar-refractivity contribution in [1.82, 2.24) is 10.3 Å². The van der Waals surface area contributed by atoms with E-state index in [9.17, 15) is 0 Å². The van der Waals surface area contributed by atoms with Gasteiger partial charge in [-0.2, -0.15) is 0 Å². The maximum Gasteiger partial charge on any atom is 0.120 e. The Bertz CT molecular complexity index is 558. The molecule has 4 heteroatoms. The lowest BCUT2D eigenvalue weighted by molar-refractivity contribution is 0.341. The summed E-state index contributed by atoms with van der Waals surface area (Å²) in [6.07, 6.45) is 2.40. The van der Waals surface area contributed by atoms with Gasteiger partial charge in [-0.15, -0.1) is 11.3 Å². The van der Waals surface area contributed by atoms with E-state index in [1.54, 1.807) is 11.3 Å². The highest BCUT2D eigenvalue weighted by Crippen LogP contribution is 2.36. The van der Waals surface area contributed by atoms with Crippen LogP contribution in [0.4, 0.5) is 0 Å². The molecular formula is C14H18N2OS. The number of rotatable bonds is 3. The Balaban J connectivity index is 2.00. The summed E-state index contributed by atoms with van der Waals surface area (Å²) in [5.74, 6) is 0.935. The van der Waals surface area contributed by atoms with Crippen LogP contribution >= 0.6 is 11.3 Å². The first kappa shape index (κ1) is 11.9. The van der Waals surface area contributed by atoms with Gasteiger partial charge >= 0.3 is 0 Å². The van der Waals surface area contributed by atoms with Gasteiger partial charge in [0.25, 0.3) is 0 Å². The lowest BCUT2D eigenvalue weighted by atomic mass is 10.0. The third-order valence-corrected chi connectivity index (χ3v) is 4.79. The third-order valence-electron chi connectivity index (χ3n) is 3.51. The first-order chi connectivity index (χ1) is 8.71. The molecule has 1 N–H and O–H groups in total. The van der Waals surface area contributed by atoms with Crippen molar-refractivity contribution in [1.29, 1.82) is 0 Å². The van der Waals surface area contributed by atoms with Gasteiger partial charge < -0.3 is 10.1 Å². The zero-order chi connectivity index (χ0) is 12.6. The van der Waals surface area contributed by atoms with Crippen LogP contribution in [0, 0.1) is 0 Å². The molecule has 0 amide bonds. The van der Waals surface area contributed by atoms with E-state index in [1.165, 1.54) is 22.5 Å². The molecule has 0 bridgehead atoms. The van der Waals surface area contributed by atoms with E-state index < -0.39 is 0 Å². The van der Waals surface area contributed by atoms with E-state index in [2.05, 4.69) is 24.4 Å². The summed E-state index contributed by atoms with van der Waals surface area (Å²) in [5, 5.41) is 4.76. The highest BCUT2D eigenvalue weighted by Gasteiger charge is 2.33. The van der Waals surface area contributed by atoms with Crippen LogP contribution in [0.5, 0.6) is 5.75 Å². The summed E-state index contributed by atoms with van der Waals surface area (Å²) in [6.45, 7) is 6.06.